The average molecular weight is 272 g/mol. The van der Waals surface area contributed by atoms with E-state index in [2.05, 4.69) is 0 Å². The monoisotopic (exact) mass is 272 g/mol. The summed E-state index contributed by atoms with van der Waals surface area (Å²) in [5, 5.41) is 9.42. The van der Waals surface area contributed by atoms with E-state index in [1.165, 1.54) is 0 Å². The van der Waals surface area contributed by atoms with Crippen LogP contribution in [-0.4, -0.2) is 31.6 Å². The molecule has 0 saturated carbocycles. The van der Waals surface area contributed by atoms with Crippen molar-refractivity contribution < 1.29 is 18.3 Å². The molecular weight excluding hydrogens is 252 g/mol. The van der Waals surface area contributed by atoms with Gasteiger partial charge in [-0.2, -0.15) is 0 Å². The lowest BCUT2D eigenvalue weighted by atomic mass is 10.1. The van der Waals surface area contributed by atoms with Crippen LogP contribution in [0.3, 0.4) is 0 Å². The zero-order valence-electron chi connectivity index (χ0n) is 10.8. The fourth-order valence-corrected chi connectivity index (χ4v) is 2.32. The van der Waals surface area contributed by atoms with E-state index in [1.54, 1.807) is 32.0 Å². The number of benzene rings is 1. The zero-order chi connectivity index (χ0) is 13.6. The molecule has 5 heteroatoms. The Hall–Kier alpha value is -1.07. The van der Waals surface area contributed by atoms with Gasteiger partial charge < -0.3 is 9.84 Å². The number of hydrogen-bond donors (Lipinski definition) is 1. The molecule has 0 aliphatic rings. The van der Waals surface area contributed by atoms with Crippen molar-refractivity contribution in [2.24, 2.45) is 0 Å². The van der Waals surface area contributed by atoms with E-state index >= 15 is 0 Å². The fraction of sp³-hybridized carbons (Fsp3) is 0.538. The van der Waals surface area contributed by atoms with Gasteiger partial charge >= 0.3 is 0 Å². The SMILES string of the molecule is CCS(=O)(=O)CCCOc1cccc([C@H](C)O)c1. The predicted octanol–water partition coefficient (Wildman–Crippen LogP) is 1.94. The Labute approximate surface area is 109 Å². The lowest BCUT2D eigenvalue weighted by Gasteiger charge is -2.09. The van der Waals surface area contributed by atoms with Gasteiger partial charge in [0, 0.05) is 5.75 Å². The predicted molar refractivity (Wildman–Crippen MR) is 71.5 cm³/mol. The van der Waals surface area contributed by atoms with Crippen LogP contribution in [0.5, 0.6) is 5.75 Å². The Morgan fingerprint density at radius 2 is 2.11 bits per heavy atom. The van der Waals surface area contributed by atoms with Crippen LogP contribution in [0.15, 0.2) is 24.3 Å². The molecule has 0 amide bonds. The van der Waals surface area contributed by atoms with Crippen LogP contribution in [0.4, 0.5) is 0 Å². The average Bonchev–Trinajstić information content (AvgIpc) is 2.35. The minimum Gasteiger partial charge on any atom is -0.494 e. The highest BCUT2D eigenvalue weighted by atomic mass is 32.2. The smallest absolute Gasteiger partial charge is 0.150 e. The third kappa shape index (κ3) is 5.06. The summed E-state index contributed by atoms with van der Waals surface area (Å²) in [5.41, 5.74) is 0.786. The van der Waals surface area contributed by atoms with Crippen molar-refractivity contribution in [3.05, 3.63) is 29.8 Å². The summed E-state index contributed by atoms with van der Waals surface area (Å²) in [6.07, 6.45) is -0.0521. The second-order valence-electron chi connectivity index (χ2n) is 4.19. The van der Waals surface area contributed by atoms with E-state index < -0.39 is 15.9 Å². The molecule has 0 unspecified atom stereocenters. The van der Waals surface area contributed by atoms with Crippen molar-refractivity contribution in [1.82, 2.24) is 0 Å². The van der Waals surface area contributed by atoms with Crippen molar-refractivity contribution in [2.45, 2.75) is 26.4 Å². The van der Waals surface area contributed by atoms with Gasteiger partial charge in [-0.05, 0) is 31.0 Å². The van der Waals surface area contributed by atoms with Gasteiger partial charge in [0.1, 0.15) is 15.6 Å². The molecule has 0 heterocycles. The van der Waals surface area contributed by atoms with Gasteiger partial charge in [0.2, 0.25) is 0 Å². The number of aliphatic hydroxyl groups excluding tert-OH is 1. The van der Waals surface area contributed by atoms with E-state index in [0.29, 0.717) is 18.8 Å². The molecular formula is C13H20O4S. The molecule has 18 heavy (non-hydrogen) atoms. The maximum absolute atomic E-state index is 11.3. The molecule has 0 aromatic heterocycles. The second-order valence-corrected chi connectivity index (χ2v) is 6.66. The Morgan fingerprint density at radius 1 is 1.39 bits per heavy atom. The first-order chi connectivity index (χ1) is 8.44. The van der Waals surface area contributed by atoms with E-state index in [-0.39, 0.29) is 11.5 Å². The second kappa shape index (κ2) is 6.75. The van der Waals surface area contributed by atoms with E-state index in [1.807, 2.05) is 6.07 Å². The van der Waals surface area contributed by atoms with Crippen LogP contribution in [0.1, 0.15) is 31.9 Å². The summed E-state index contributed by atoms with van der Waals surface area (Å²) in [6, 6.07) is 7.18. The summed E-state index contributed by atoms with van der Waals surface area (Å²) >= 11 is 0. The van der Waals surface area contributed by atoms with Crippen LogP contribution >= 0.6 is 0 Å². The fourth-order valence-electron chi connectivity index (χ4n) is 1.48. The maximum Gasteiger partial charge on any atom is 0.150 e. The molecule has 1 rings (SSSR count). The van der Waals surface area contributed by atoms with Crippen molar-refractivity contribution >= 4 is 9.84 Å². The molecule has 0 fully saturated rings. The third-order valence-electron chi connectivity index (χ3n) is 2.65. The Balaban J connectivity index is 2.42. The third-order valence-corrected chi connectivity index (χ3v) is 4.44. The van der Waals surface area contributed by atoms with Crippen LogP contribution in [0, 0.1) is 0 Å². The van der Waals surface area contributed by atoms with E-state index in [9.17, 15) is 13.5 Å². The number of aliphatic hydroxyl groups is 1. The molecule has 0 aliphatic heterocycles. The lowest BCUT2D eigenvalue weighted by Crippen LogP contribution is -2.11. The quantitative estimate of drug-likeness (QED) is 0.770. The van der Waals surface area contributed by atoms with Crippen molar-refractivity contribution in [3.63, 3.8) is 0 Å². The van der Waals surface area contributed by atoms with Crippen LogP contribution in [0.2, 0.25) is 0 Å². The molecule has 1 aromatic rings. The summed E-state index contributed by atoms with van der Waals surface area (Å²) in [4.78, 5) is 0. The normalized spacial score (nSPS) is 13.3. The molecule has 4 nitrogen and oxygen atoms in total. The Morgan fingerprint density at radius 3 is 2.72 bits per heavy atom. The van der Waals surface area contributed by atoms with Gasteiger partial charge in [0.15, 0.2) is 0 Å². The van der Waals surface area contributed by atoms with Crippen molar-refractivity contribution in [3.8, 4) is 5.75 Å². The highest BCUT2D eigenvalue weighted by Crippen LogP contribution is 2.18. The number of ether oxygens (including phenoxy) is 1. The van der Waals surface area contributed by atoms with Gasteiger partial charge in [0.25, 0.3) is 0 Å². The largest absolute Gasteiger partial charge is 0.494 e. The number of sulfone groups is 1. The van der Waals surface area contributed by atoms with Crippen molar-refractivity contribution in [1.29, 1.82) is 0 Å². The van der Waals surface area contributed by atoms with E-state index in [4.69, 9.17) is 4.74 Å². The molecule has 0 spiro atoms. The summed E-state index contributed by atoms with van der Waals surface area (Å²) < 4.78 is 28.0. The maximum atomic E-state index is 11.3. The Kier molecular flexibility index (Phi) is 5.62. The topological polar surface area (TPSA) is 63.6 Å². The first-order valence-corrected chi connectivity index (χ1v) is 7.88. The van der Waals surface area contributed by atoms with E-state index in [0.717, 1.165) is 5.56 Å². The summed E-state index contributed by atoms with van der Waals surface area (Å²) in [7, 11) is -2.92. The van der Waals surface area contributed by atoms with Crippen molar-refractivity contribution in [2.75, 3.05) is 18.1 Å². The molecule has 1 N–H and O–H groups in total. The van der Waals surface area contributed by atoms with Crippen LogP contribution in [-0.2, 0) is 9.84 Å². The van der Waals surface area contributed by atoms with Crippen LogP contribution < -0.4 is 4.74 Å². The summed E-state index contributed by atoms with van der Waals surface area (Å²) in [6.45, 7) is 3.69. The summed E-state index contributed by atoms with van der Waals surface area (Å²) in [5.74, 6) is 0.978. The van der Waals surface area contributed by atoms with Gasteiger partial charge in [-0.1, -0.05) is 19.1 Å². The molecule has 102 valence electrons. The number of rotatable bonds is 7. The standard InChI is InChI=1S/C13H20O4S/c1-3-18(15,16)9-5-8-17-13-7-4-6-12(10-13)11(2)14/h4,6-7,10-11,14H,3,5,8-9H2,1-2H3/t11-/m0/s1. The number of hydrogen-bond acceptors (Lipinski definition) is 4. The Bertz CT molecular complexity index is 466. The van der Waals surface area contributed by atoms with Gasteiger partial charge in [-0.25, -0.2) is 8.42 Å². The zero-order valence-corrected chi connectivity index (χ0v) is 11.6. The molecule has 0 aliphatic carbocycles. The van der Waals surface area contributed by atoms with Gasteiger partial charge in [0.05, 0.1) is 18.5 Å². The highest BCUT2D eigenvalue weighted by molar-refractivity contribution is 7.91. The van der Waals surface area contributed by atoms with Gasteiger partial charge in [-0.3, -0.25) is 0 Å². The molecule has 1 atom stereocenters. The van der Waals surface area contributed by atoms with Crippen LogP contribution in [0.25, 0.3) is 0 Å². The molecule has 0 radical (unpaired) electrons. The lowest BCUT2D eigenvalue weighted by molar-refractivity contribution is 0.198. The molecule has 0 saturated heterocycles. The molecule has 1 aromatic carbocycles. The first-order valence-electron chi connectivity index (χ1n) is 6.06. The highest BCUT2D eigenvalue weighted by Gasteiger charge is 2.07. The molecule has 0 bridgehead atoms. The minimum atomic E-state index is -2.92. The first kappa shape index (κ1) is 15.0. The van der Waals surface area contributed by atoms with Gasteiger partial charge in [-0.15, -0.1) is 0 Å². The minimum absolute atomic E-state index is 0.152.